The maximum absolute atomic E-state index is 6.34. The first-order chi connectivity index (χ1) is 9.90. The van der Waals surface area contributed by atoms with E-state index in [9.17, 15) is 0 Å². The van der Waals surface area contributed by atoms with Gasteiger partial charge in [0, 0.05) is 13.2 Å². The average Bonchev–Trinajstić information content (AvgIpc) is 2.76. The molecule has 0 amide bonds. The Bertz CT molecular complexity index is 369. The first-order valence-electron chi connectivity index (χ1n) is 8.12. The van der Waals surface area contributed by atoms with Gasteiger partial charge in [-0.15, -0.1) is 0 Å². The minimum Gasteiger partial charge on any atom is -0.376 e. The Morgan fingerprint density at radius 2 is 1.30 bits per heavy atom. The highest BCUT2D eigenvalue weighted by Gasteiger charge is 2.40. The smallest absolute Gasteiger partial charge is 0.102 e. The van der Waals surface area contributed by atoms with Crippen molar-refractivity contribution >= 4 is 0 Å². The average molecular weight is 280 g/mol. The third kappa shape index (κ3) is 2.54. The molecule has 0 aromatic heterocycles. The highest BCUT2D eigenvalue weighted by molar-refractivity contribution is 5.06. The normalized spacial score (nSPS) is 48.4. The second-order valence-electron chi connectivity index (χ2n) is 6.34. The summed E-state index contributed by atoms with van der Waals surface area (Å²) >= 11 is 0. The summed E-state index contributed by atoms with van der Waals surface area (Å²) in [6.07, 6.45) is 11.9. The van der Waals surface area contributed by atoms with E-state index in [4.69, 9.17) is 18.9 Å². The van der Waals surface area contributed by atoms with Crippen molar-refractivity contribution in [2.75, 3.05) is 13.2 Å². The Morgan fingerprint density at radius 3 is 2.25 bits per heavy atom. The van der Waals surface area contributed by atoms with Crippen LogP contribution in [0.4, 0.5) is 0 Å². The van der Waals surface area contributed by atoms with Gasteiger partial charge in [0.1, 0.15) is 12.2 Å². The van der Waals surface area contributed by atoms with Crippen LogP contribution < -0.4 is 0 Å². The fourth-order valence-electron chi connectivity index (χ4n) is 3.88. The lowest BCUT2D eigenvalue weighted by Crippen LogP contribution is -2.39. The van der Waals surface area contributed by atoms with E-state index in [1.165, 1.54) is 0 Å². The van der Waals surface area contributed by atoms with Crippen molar-refractivity contribution in [3.8, 4) is 0 Å². The van der Waals surface area contributed by atoms with Gasteiger partial charge in [-0.25, -0.2) is 0 Å². The molecular weight excluding hydrogens is 256 g/mol. The Balaban J connectivity index is 1.52. The molecule has 0 bridgehead atoms. The van der Waals surface area contributed by atoms with Crippen molar-refractivity contribution in [2.24, 2.45) is 0 Å². The van der Waals surface area contributed by atoms with Crippen molar-refractivity contribution in [3.05, 3.63) is 12.2 Å². The molecule has 0 aliphatic carbocycles. The van der Waals surface area contributed by atoms with Crippen LogP contribution in [0.1, 0.15) is 38.5 Å². The molecule has 20 heavy (non-hydrogen) atoms. The third-order valence-electron chi connectivity index (χ3n) is 4.96. The van der Waals surface area contributed by atoms with Crippen molar-refractivity contribution < 1.29 is 18.9 Å². The lowest BCUT2D eigenvalue weighted by atomic mass is 10.0. The SMILES string of the molecule is C1=C[C@H]2O[C@H]3CCCO[C@@H]3CC[C@@H]2O[C@@H]2CCCO[C@@H]12. The Hall–Kier alpha value is -0.420. The fourth-order valence-corrected chi connectivity index (χ4v) is 3.88. The van der Waals surface area contributed by atoms with Crippen LogP contribution >= 0.6 is 0 Å². The molecule has 0 N–H and O–H groups in total. The molecule has 4 nitrogen and oxygen atoms in total. The summed E-state index contributed by atoms with van der Waals surface area (Å²) in [6.45, 7) is 1.73. The number of hydrogen-bond acceptors (Lipinski definition) is 4. The van der Waals surface area contributed by atoms with Gasteiger partial charge in [0.2, 0.25) is 0 Å². The van der Waals surface area contributed by atoms with Gasteiger partial charge in [-0.05, 0) is 38.5 Å². The molecule has 0 unspecified atom stereocenters. The number of ether oxygens (including phenoxy) is 4. The van der Waals surface area contributed by atoms with E-state index in [0.29, 0.717) is 0 Å². The summed E-state index contributed by atoms with van der Waals surface area (Å²) in [6, 6.07) is 0. The van der Waals surface area contributed by atoms with Crippen molar-refractivity contribution in [1.82, 2.24) is 0 Å². The van der Waals surface area contributed by atoms with Crippen LogP contribution in [0.15, 0.2) is 12.2 Å². The fraction of sp³-hybridized carbons (Fsp3) is 0.875. The lowest BCUT2D eigenvalue weighted by Gasteiger charge is -2.32. The minimum atomic E-state index is 0.0703. The molecule has 4 heterocycles. The largest absolute Gasteiger partial charge is 0.376 e. The van der Waals surface area contributed by atoms with Crippen LogP contribution in [0.25, 0.3) is 0 Å². The van der Waals surface area contributed by atoms with Gasteiger partial charge in [0.05, 0.1) is 24.4 Å². The van der Waals surface area contributed by atoms with Crippen LogP contribution in [0, 0.1) is 0 Å². The summed E-state index contributed by atoms with van der Waals surface area (Å²) in [5, 5.41) is 0. The molecule has 0 spiro atoms. The maximum atomic E-state index is 6.34. The summed E-state index contributed by atoms with van der Waals surface area (Å²) in [7, 11) is 0. The molecule has 4 rings (SSSR count). The third-order valence-corrected chi connectivity index (χ3v) is 4.96. The van der Waals surface area contributed by atoms with E-state index < -0.39 is 0 Å². The second-order valence-corrected chi connectivity index (χ2v) is 6.34. The summed E-state index contributed by atoms with van der Waals surface area (Å²) in [5.74, 6) is 0. The first kappa shape index (κ1) is 13.3. The van der Waals surface area contributed by atoms with Crippen LogP contribution in [0.2, 0.25) is 0 Å². The molecular formula is C16H24O4. The lowest BCUT2D eigenvalue weighted by molar-refractivity contribution is -0.151. The van der Waals surface area contributed by atoms with Crippen LogP contribution in [-0.2, 0) is 18.9 Å². The molecule has 0 radical (unpaired) electrons. The molecule has 3 saturated heterocycles. The van der Waals surface area contributed by atoms with Gasteiger partial charge >= 0.3 is 0 Å². The summed E-state index contributed by atoms with van der Waals surface area (Å²) in [4.78, 5) is 0. The zero-order valence-corrected chi connectivity index (χ0v) is 11.9. The monoisotopic (exact) mass is 280 g/mol. The number of hydrogen-bond donors (Lipinski definition) is 0. The molecule has 4 aliphatic heterocycles. The molecule has 0 aromatic carbocycles. The molecule has 0 saturated carbocycles. The van der Waals surface area contributed by atoms with E-state index in [-0.39, 0.29) is 36.6 Å². The zero-order valence-electron chi connectivity index (χ0n) is 11.9. The second kappa shape index (κ2) is 5.76. The van der Waals surface area contributed by atoms with Gasteiger partial charge < -0.3 is 18.9 Å². The van der Waals surface area contributed by atoms with E-state index in [2.05, 4.69) is 12.2 Å². The molecule has 112 valence electrons. The van der Waals surface area contributed by atoms with Crippen LogP contribution in [0.5, 0.6) is 0 Å². The molecule has 6 atom stereocenters. The minimum absolute atomic E-state index is 0.0703. The van der Waals surface area contributed by atoms with E-state index >= 15 is 0 Å². The highest BCUT2D eigenvalue weighted by atomic mass is 16.6. The maximum Gasteiger partial charge on any atom is 0.102 e. The van der Waals surface area contributed by atoms with Crippen molar-refractivity contribution in [1.29, 1.82) is 0 Å². The Labute approximate surface area is 120 Å². The van der Waals surface area contributed by atoms with Gasteiger partial charge in [-0.2, -0.15) is 0 Å². The van der Waals surface area contributed by atoms with Gasteiger partial charge in [0.15, 0.2) is 0 Å². The summed E-state index contributed by atoms with van der Waals surface area (Å²) in [5.41, 5.74) is 0. The van der Waals surface area contributed by atoms with Gasteiger partial charge in [0.25, 0.3) is 0 Å². The molecule has 0 aromatic rings. The van der Waals surface area contributed by atoms with Crippen LogP contribution in [-0.4, -0.2) is 49.8 Å². The molecule has 3 fully saturated rings. The quantitative estimate of drug-likeness (QED) is 0.638. The topological polar surface area (TPSA) is 36.9 Å². The first-order valence-corrected chi connectivity index (χ1v) is 8.12. The van der Waals surface area contributed by atoms with E-state index in [1.807, 2.05) is 0 Å². The predicted octanol–water partition coefficient (Wildman–Crippen LogP) is 2.22. The standard InChI is InChI=1S/C16H24O4/c1-3-13-11(17-9-1)5-7-16-15(19-13)8-6-12-14(20-16)4-2-10-18-12/h5,7,11-16H,1-4,6,8-10H2/t11-,12+,13+,14-,15-,16+/m0/s1. The van der Waals surface area contributed by atoms with Gasteiger partial charge in [-0.1, -0.05) is 12.2 Å². The van der Waals surface area contributed by atoms with E-state index in [1.54, 1.807) is 0 Å². The Kier molecular flexibility index (Phi) is 3.82. The number of fused-ring (bicyclic) bond motifs is 3. The van der Waals surface area contributed by atoms with Crippen molar-refractivity contribution in [3.63, 3.8) is 0 Å². The van der Waals surface area contributed by atoms with Crippen LogP contribution in [0.3, 0.4) is 0 Å². The predicted molar refractivity (Wildman–Crippen MR) is 73.6 cm³/mol. The molecule has 4 heteroatoms. The van der Waals surface area contributed by atoms with Gasteiger partial charge in [-0.3, -0.25) is 0 Å². The van der Waals surface area contributed by atoms with E-state index in [0.717, 1.165) is 51.7 Å². The number of rotatable bonds is 0. The highest BCUT2D eigenvalue weighted by Crippen LogP contribution is 2.33. The van der Waals surface area contributed by atoms with Crippen molar-refractivity contribution in [2.45, 2.75) is 75.1 Å². The Morgan fingerprint density at radius 1 is 0.600 bits per heavy atom. The zero-order chi connectivity index (χ0) is 13.4. The molecule has 4 aliphatic rings. The summed E-state index contributed by atoms with van der Waals surface area (Å²) < 4.78 is 24.3.